The highest BCUT2D eigenvalue weighted by Gasteiger charge is 2.13. The number of benzene rings is 1. The quantitative estimate of drug-likeness (QED) is 0.778. The second kappa shape index (κ2) is 6.45. The molecule has 0 aliphatic heterocycles. The van der Waals surface area contributed by atoms with Gasteiger partial charge in [0.05, 0.1) is 0 Å². The molecule has 3 aromatic rings. The maximum absolute atomic E-state index is 11.8. The molecule has 0 fully saturated rings. The number of carbonyl (C=O) groups excluding carboxylic acids is 1. The molecule has 0 aliphatic rings. The van der Waals surface area contributed by atoms with Gasteiger partial charge in [0.15, 0.2) is 5.82 Å². The molecule has 120 valence electrons. The molecule has 0 saturated heterocycles. The molecule has 1 N–H and O–H groups in total. The molecule has 0 atom stereocenters. The molecule has 2 heterocycles. The van der Waals surface area contributed by atoms with Crippen molar-refractivity contribution in [3.05, 3.63) is 30.1 Å². The Bertz CT molecular complexity index is 836. The van der Waals surface area contributed by atoms with Crippen molar-refractivity contribution in [1.29, 1.82) is 0 Å². The van der Waals surface area contributed by atoms with E-state index in [1.807, 2.05) is 42.6 Å². The molecule has 0 radical (unpaired) electrons. The van der Waals surface area contributed by atoms with Crippen LogP contribution in [0.3, 0.4) is 0 Å². The highest BCUT2D eigenvalue weighted by molar-refractivity contribution is 7.19. The number of carbonyl (C=O) groups is 1. The summed E-state index contributed by atoms with van der Waals surface area (Å²) >= 11 is 1.50. The van der Waals surface area contributed by atoms with Gasteiger partial charge in [-0.25, -0.2) is 0 Å². The van der Waals surface area contributed by atoms with Crippen LogP contribution in [-0.4, -0.2) is 25.7 Å². The van der Waals surface area contributed by atoms with Crippen LogP contribution in [0, 0.1) is 5.92 Å². The number of hydrogen-bond donors (Lipinski definition) is 1. The maximum atomic E-state index is 11.8. The van der Waals surface area contributed by atoms with Gasteiger partial charge in [-0.1, -0.05) is 44.2 Å². The molecule has 0 spiro atoms. The van der Waals surface area contributed by atoms with E-state index in [9.17, 15) is 4.79 Å². The van der Waals surface area contributed by atoms with Crippen molar-refractivity contribution in [1.82, 2.24) is 19.8 Å². The summed E-state index contributed by atoms with van der Waals surface area (Å²) in [6, 6.07) is 7.72. The molecule has 0 bridgehead atoms. The van der Waals surface area contributed by atoms with Gasteiger partial charge in [0.25, 0.3) is 0 Å². The van der Waals surface area contributed by atoms with Gasteiger partial charge in [0, 0.05) is 23.6 Å². The Kier molecular flexibility index (Phi) is 4.38. The molecule has 7 heteroatoms. The number of rotatable bonds is 5. The first-order chi connectivity index (χ1) is 11.1. The third-order valence-corrected chi connectivity index (χ3v) is 4.38. The Morgan fingerprint density at radius 1 is 1.35 bits per heavy atom. The highest BCUT2D eigenvalue weighted by Crippen LogP contribution is 2.27. The Labute approximate surface area is 138 Å². The third-order valence-electron chi connectivity index (χ3n) is 3.43. The van der Waals surface area contributed by atoms with Crippen LogP contribution < -0.4 is 5.32 Å². The van der Waals surface area contributed by atoms with Crippen LogP contribution in [-0.2, 0) is 11.2 Å². The van der Waals surface area contributed by atoms with Gasteiger partial charge in [-0.2, -0.15) is 9.61 Å². The fourth-order valence-electron chi connectivity index (χ4n) is 2.17. The Balaban J connectivity index is 1.91. The van der Waals surface area contributed by atoms with Crippen molar-refractivity contribution >= 4 is 27.9 Å². The molecular formula is C16H19N5OS. The van der Waals surface area contributed by atoms with Crippen molar-refractivity contribution in [2.75, 3.05) is 5.32 Å². The minimum Gasteiger partial charge on any atom is -0.326 e. The van der Waals surface area contributed by atoms with Crippen LogP contribution in [0.25, 0.3) is 15.5 Å². The van der Waals surface area contributed by atoms with Crippen molar-refractivity contribution in [2.45, 2.75) is 33.6 Å². The zero-order valence-corrected chi connectivity index (χ0v) is 14.2. The van der Waals surface area contributed by atoms with Gasteiger partial charge in [-0.3, -0.25) is 4.79 Å². The lowest BCUT2D eigenvalue weighted by atomic mass is 10.1. The molecular weight excluding hydrogens is 310 g/mol. The topological polar surface area (TPSA) is 72.2 Å². The van der Waals surface area contributed by atoms with E-state index < -0.39 is 0 Å². The van der Waals surface area contributed by atoms with Gasteiger partial charge in [0.2, 0.25) is 10.9 Å². The largest absolute Gasteiger partial charge is 0.326 e. The molecule has 23 heavy (non-hydrogen) atoms. The summed E-state index contributed by atoms with van der Waals surface area (Å²) in [5.74, 6) is 0.837. The first-order valence-electron chi connectivity index (χ1n) is 7.71. The molecule has 0 saturated carbocycles. The Morgan fingerprint density at radius 2 is 2.17 bits per heavy atom. The molecule has 3 rings (SSSR count). The monoisotopic (exact) mass is 329 g/mol. The average molecular weight is 329 g/mol. The van der Waals surface area contributed by atoms with Crippen molar-refractivity contribution in [2.24, 2.45) is 5.92 Å². The average Bonchev–Trinajstić information content (AvgIpc) is 3.10. The third kappa shape index (κ3) is 3.24. The van der Waals surface area contributed by atoms with E-state index in [-0.39, 0.29) is 11.8 Å². The Morgan fingerprint density at radius 3 is 2.91 bits per heavy atom. The van der Waals surface area contributed by atoms with Gasteiger partial charge in [0.1, 0.15) is 5.01 Å². The predicted molar refractivity (Wildman–Crippen MR) is 91.6 cm³/mol. The lowest BCUT2D eigenvalue weighted by Gasteiger charge is -2.08. The van der Waals surface area contributed by atoms with Crippen molar-refractivity contribution in [3.63, 3.8) is 0 Å². The lowest BCUT2D eigenvalue weighted by Crippen LogP contribution is -2.17. The second-order valence-electron chi connectivity index (χ2n) is 5.69. The first-order valence-corrected chi connectivity index (χ1v) is 8.52. The number of hydrogen-bond acceptors (Lipinski definition) is 5. The SMILES string of the molecule is CCCc1nnc2sc(-c3cccc(NC(=O)C(C)C)c3)nn12. The van der Waals surface area contributed by atoms with E-state index in [0.29, 0.717) is 0 Å². The minimum atomic E-state index is -0.0514. The summed E-state index contributed by atoms with van der Waals surface area (Å²) in [7, 11) is 0. The van der Waals surface area contributed by atoms with Crippen LogP contribution in [0.4, 0.5) is 5.69 Å². The number of nitrogens with zero attached hydrogens (tertiary/aromatic N) is 4. The van der Waals surface area contributed by atoms with Crippen LogP contribution in [0.5, 0.6) is 0 Å². The first kappa shape index (κ1) is 15.6. The zero-order valence-electron chi connectivity index (χ0n) is 13.4. The standard InChI is InChI=1S/C16H19N5OS/c1-4-6-13-18-19-16-21(13)20-15(23-16)11-7-5-8-12(9-11)17-14(22)10(2)3/h5,7-10H,4,6H2,1-3H3,(H,17,22). The summed E-state index contributed by atoms with van der Waals surface area (Å²) in [6.07, 6.45) is 1.86. The molecule has 1 aromatic carbocycles. The number of anilines is 1. The number of aromatic nitrogens is 4. The number of aryl methyl sites for hydroxylation is 1. The van der Waals surface area contributed by atoms with Gasteiger partial charge in [-0.05, 0) is 18.6 Å². The molecule has 2 aromatic heterocycles. The van der Waals surface area contributed by atoms with E-state index >= 15 is 0 Å². The predicted octanol–water partition coefficient (Wildman–Crippen LogP) is 3.40. The summed E-state index contributed by atoms with van der Waals surface area (Å²) in [4.78, 5) is 12.6. The highest BCUT2D eigenvalue weighted by atomic mass is 32.1. The van der Waals surface area contributed by atoms with Crippen LogP contribution in [0.1, 0.15) is 33.0 Å². The second-order valence-corrected chi connectivity index (χ2v) is 6.65. The molecule has 0 unspecified atom stereocenters. The summed E-state index contributed by atoms with van der Waals surface area (Å²) in [5, 5.41) is 16.7. The Hall–Kier alpha value is -2.28. The molecule has 0 aliphatic carbocycles. The minimum absolute atomic E-state index is 0.00511. The summed E-state index contributed by atoms with van der Waals surface area (Å²) in [6.45, 7) is 5.85. The van der Waals surface area contributed by atoms with E-state index in [1.54, 1.807) is 0 Å². The smallest absolute Gasteiger partial charge is 0.234 e. The van der Waals surface area contributed by atoms with Crippen LogP contribution in [0.2, 0.25) is 0 Å². The zero-order chi connectivity index (χ0) is 16.4. The van der Waals surface area contributed by atoms with Gasteiger partial charge in [-0.15, -0.1) is 10.2 Å². The van der Waals surface area contributed by atoms with Gasteiger partial charge < -0.3 is 5.32 Å². The normalized spacial score (nSPS) is 11.3. The van der Waals surface area contributed by atoms with E-state index in [2.05, 4.69) is 27.5 Å². The fourth-order valence-corrected chi connectivity index (χ4v) is 3.02. The molecule has 1 amide bonds. The number of nitrogens with one attached hydrogen (secondary N) is 1. The van der Waals surface area contributed by atoms with E-state index in [1.165, 1.54) is 11.3 Å². The van der Waals surface area contributed by atoms with Crippen molar-refractivity contribution in [3.8, 4) is 10.6 Å². The van der Waals surface area contributed by atoms with Crippen LogP contribution >= 0.6 is 11.3 Å². The van der Waals surface area contributed by atoms with E-state index in [0.717, 1.165) is 39.9 Å². The lowest BCUT2D eigenvalue weighted by molar-refractivity contribution is -0.118. The van der Waals surface area contributed by atoms with Crippen LogP contribution in [0.15, 0.2) is 24.3 Å². The maximum Gasteiger partial charge on any atom is 0.234 e. The van der Waals surface area contributed by atoms with Gasteiger partial charge >= 0.3 is 0 Å². The summed E-state index contributed by atoms with van der Waals surface area (Å²) < 4.78 is 1.81. The number of fused-ring (bicyclic) bond motifs is 1. The van der Waals surface area contributed by atoms with Crippen molar-refractivity contribution < 1.29 is 4.79 Å². The molecule has 6 nitrogen and oxygen atoms in total. The summed E-state index contributed by atoms with van der Waals surface area (Å²) in [5.41, 5.74) is 1.74. The van der Waals surface area contributed by atoms with E-state index in [4.69, 9.17) is 0 Å². The fraction of sp³-hybridized carbons (Fsp3) is 0.375. The number of amides is 1.